The molecule has 0 bridgehead atoms. The highest BCUT2D eigenvalue weighted by Crippen LogP contribution is 2.22. The smallest absolute Gasteiger partial charge is 0.213 e. The minimum Gasteiger partial charge on any atom is -0.491 e. The number of hydrogen-bond donors (Lipinski definition) is 0. The van der Waals surface area contributed by atoms with Crippen LogP contribution in [0.4, 0.5) is 0 Å². The minimum absolute atomic E-state index is 0.0642. The van der Waals surface area contributed by atoms with Gasteiger partial charge in [0.1, 0.15) is 12.4 Å². The summed E-state index contributed by atoms with van der Waals surface area (Å²) in [5.74, 6) is 1.43. The van der Waals surface area contributed by atoms with E-state index in [9.17, 15) is 0 Å². The number of hydrogen-bond acceptors (Lipinski definition) is 5. The van der Waals surface area contributed by atoms with E-state index >= 15 is 0 Å². The quantitative estimate of drug-likeness (QED) is 0.767. The van der Waals surface area contributed by atoms with E-state index in [0.29, 0.717) is 19.1 Å². The predicted molar refractivity (Wildman–Crippen MR) is 83.3 cm³/mol. The fourth-order valence-corrected chi connectivity index (χ4v) is 2.47. The van der Waals surface area contributed by atoms with Gasteiger partial charge >= 0.3 is 0 Å². The number of ether oxygens (including phenoxy) is 4. The SMILES string of the molecule is COc1ccc2cc(OCCOC3CCCCO3)ccc2n1. The third-order valence-corrected chi connectivity index (χ3v) is 3.64. The van der Waals surface area contributed by atoms with Crippen LogP contribution in [0.25, 0.3) is 10.9 Å². The molecule has 1 unspecified atom stereocenters. The number of rotatable bonds is 6. The second-order valence-corrected chi connectivity index (χ2v) is 5.22. The van der Waals surface area contributed by atoms with Gasteiger partial charge in [-0.3, -0.25) is 0 Å². The van der Waals surface area contributed by atoms with E-state index in [4.69, 9.17) is 18.9 Å². The molecule has 1 aliphatic heterocycles. The molecule has 1 atom stereocenters. The summed E-state index contributed by atoms with van der Waals surface area (Å²) in [6, 6.07) is 9.62. The first-order valence-corrected chi connectivity index (χ1v) is 7.66. The maximum Gasteiger partial charge on any atom is 0.213 e. The Bertz CT molecular complexity index is 611. The van der Waals surface area contributed by atoms with Gasteiger partial charge in [0.25, 0.3) is 0 Å². The van der Waals surface area contributed by atoms with Crippen LogP contribution in [0.2, 0.25) is 0 Å². The zero-order valence-electron chi connectivity index (χ0n) is 12.8. The van der Waals surface area contributed by atoms with Crippen molar-refractivity contribution in [2.75, 3.05) is 26.9 Å². The molecule has 5 nitrogen and oxygen atoms in total. The molecule has 22 heavy (non-hydrogen) atoms. The molecule has 1 saturated heterocycles. The van der Waals surface area contributed by atoms with E-state index < -0.39 is 0 Å². The molecular weight excluding hydrogens is 282 g/mol. The van der Waals surface area contributed by atoms with Gasteiger partial charge < -0.3 is 18.9 Å². The van der Waals surface area contributed by atoms with Gasteiger partial charge in [0.15, 0.2) is 6.29 Å². The van der Waals surface area contributed by atoms with E-state index in [1.54, 1.807) is 7.11 Å². The predicted octanol–water partition coefficient (Wildman–Crippen LogP) is 3.17. The number of nitrogens with zero attached hydrogens (tertiary/aromatic N) is 1. The lowest BCUT2D eigenvalue weighted by Crippen LogP contribution is -2.24. The lowest BCUT2D eigenvalue weighted by Gasteiger charge is -2.22. The number of aromatic nitrogens is 1. The third-order valence-electron chi connectivity index (χ3n) is 3.64. The van der Waals surface area contributed by atoms with Gasteiger partial charge in [-0.15, -0.1) is 0 Å². The van der Waals surface area contributed by atoms with E-state index in [2.05, 4.69) is 4.98 Å². The summed E-state index contributed by atoms with van der Waals surface area (Å²) in [5, 5.41) is 1.02. The van der Waals surface area contributed by atoms with Crippen LogP contribution in [0.15, 0.2) is 30.3 Å². The van der Waals surface area contributed by atoms with Gasteiger partial charge in [0.05, 0.1) is 19.2 Å². The second kappa shape index (κ2) is 7.42. The van der Waals surface area contributed by atoms with Crippen molar-refractivity contribution < 1.29 is 18.9 Å². The van der Waals surface area contributed by atoms with E-state index in [1.165, 1.54) is 6.42 Å². The van der Waals surface area contributed by atoms with Gasteiger partial charge in [-0.2, -0.15) is 0 Å². The summed E-state index contributed by atoms with van der Waals surface area (Å²) in [5.41, 5.74) is 0.888. The van der Waals surface area contributed by atoms with Crippen molar-refractivity contribution in [2.45, 2.75) is 25.6 Å². The third kappa shape index (κ3) is 3.87. The lowest BCUT2D eigenvalue weighted by molar-refractivity contribution is -0.165. The van der Waals surface area contributed by atoms with Crippen molar-refractivity contribution in [1.29, 1.82) is 0 Å². The van der Waals surface area contributed by atoms with Crippen LogP contribution in [0.1, 0.15) is 19.3 Å². The molecule has 0 amide bonds. The zero-order chi connectivity index (χ0) is 15.2. The van der Waals surface area contributed by atoms with E-state index in [0.717, 1.165) is 36.1 Å². The molecule has 0 saturated carbocycles. The van der Waals surface area contributed by atoms with Crippen LogP contribution in [-0.4, -0.2) is 38.2 Å². The van der Waals surface area contributed by atoms with Crippen LogP contribution >= 0.6 is 0 Å². The number of pyridine rings is 1. The summed E-state index contributed by atoms with van der Waals surface area (Å²) in [4.78, 5) is 4.37. The average molecular weight is 303 g/mol. The van der Waals surface area contributed by atoms with Crippen molar-refractivity contribution >= 4 is 10.9 Å². The average Bonchev–Trinajstić information content (AvgIpc) is 2.59. The van der Waals surface area contributed by atoms with Crippen molar-refractivity contribution in [3.8, 4) is 11.6 Å². The molecule has 0 aliphatic carbocycles. The Balaban J connectivity index is 1.50. The van der Waals surface area contributed by atoms with Gasteiger partial charge in [-0.25, -0.2) is 4.98 Å². The second-order valence-electron chi connectivity index (χ2n) is 5.22. The fourth-order valence-electron chi connectivity index (χ4n) is 2.47. The molecule has 2 heterocycles. The molecule has 2 aromatic rings. The van der Waals surface area contributed by atoms with E-state index in [-0.39, 0.29) is 6.29 Å². The first-order chi connectivity index (χ1) is 10.8. The van der Waals surface area contributed by atoms with Crippen LogP contribution in [0, 0.1) is 0 Å². The molecule has 1 aliphatic rings. The van der Waals surface area contributed by atoms with Crippen molar-refractivity contribution in [3.05, 3.63) is 30.3 Å². The lowest BCUT2D eigenvalue weighted by atomic mass is 10.2. The molecule has 0 N–H and O–H groups in total. The van der Waals surface area contributed by atoms with Gasteiger partial charge in [0.2, 0.25) is 5.88 Å². The normalized spacial score (nSPS) is 18.3. The van der Waals surface area contributed by atoms with Crippen molar-refractivity contribution in [2.24, 2.45) is 0 Å². The fraction of sp³-hybridized carbons (Fsp3) is 0.471. The molecule has 118 valence electrons. The monoisotopic (exact) mass is 303 g/mol. The van der Waals surface area contributed by atoms with Crippen LogP contribution < -0.4 is 9.47 Å². The number of methoxy groups -OCH3 is 1. The molecule has 1 aromatic carbocycles. The van der Waals surface area contributed by atoms with Crippen molar-refractivity contribution in [3.63, 3.8) is 0 Å². The first kappa shape index (κ1) is 15.1. The van der Waals surface area contributed by atoms with Crippen LogP contribution in [0.3, 0.4) is 0 Å². The molecule has 1 fully saturated rings. The Labute approximate surface area is 130 Å². The summed E-state index contributed by atoms with van der Waals surface area (Å²) >= 11 is 0. The van der Waals surface area contributed by atoms with E-state index in [1.807, 2.05) is 30.3 Å². The summed E-state index contributed by atoms with van der Waals surface area (Å²) in [6.07, 6.45) is 3.22. The van der Waals surface area contributed by atoms with Crippen LogP contribution in [0.5, 0.6) is 11.6 Å². The minimum atomic E-state index is -0.0642. The Kier molecular flexibility index (Phi) is 5.08. The molecule has 3 rings (SSSR count). The Morgan fingerprint density at radius 2 is 2.14 bits per heavy atom. The Hall–Kier alpha value is -1.85. The summed E-state index contributed by atoms with van der Waals surface area (Å²) in [6.45, 7) is 1.84. The van der Waals surface area contributed by atoms with Crippen molar-refractivity contribution in [1.82, 2.24) is 4.98 Å². The Morgan fingerprint density at radius 3 is 2.95 bits per heavy atom. The standard InChI is InChI=1S/C17H21NO4/c1-19-16-8-5-13-12-14(6-7-15(13)18-16)20-10-11-22-17-4-2-3-9-21-17/h5-8,12,17H,2-4,9-11H2,1H3. The highest BCUT2D eigenvalue weighted by Gasteiger charge is 2.13. The maximum absolute atomic E-state index is 5.72. The number of fused-ring (bicyclic) bond motifs is 1. The molecule has 0 spiro atoms. The van der Waals surface area contributed by atoms with Crippen LogP contribution in [-0.2, 0) is 9.47 Å². The molecule has 1 aromatic heterocycles. The van der Waals surface area contributed by atoms with Gasteiger partial charge in [-0.05, 0) is 43.5 Å². The first-order valence-electron chi connectivity index (χ1n) is 7.66. The highest BCUT2D eigenvalue weighted by molar-refractivity contribution is 5.80. The highest BCUT2D eigenvalue weighted by atomic mass is 16.7. The molecule has 5 heteroatoms. The molecule has 0 radical (unpaired) electrons. The molecular formula is C17H21NO4. The summed E-state index contributed by atoms with van der Waals surface area (Å²) < 4.78 is 22.0. The van der Waals surface area contributed by atoms with Gasteiger partial charge in [0, 0.05) is 18.1 Å². The topological polar surface area (TPSA) is 49.8 Å². The maximum atomic E-state index is 5.72. The summed E-state index contributed by atoms with van der Waals surface area (Å²) in [7, 11) is 1.61. The Morgan fingerprint density at radius 1 is 1.18 bits per heavy atom. The zero-order valence-corrected chi connectivity index (χ0v) is 12.8. The largest absolute Gasteiger partial charge is 0.491 e. The number of benzene rings is 1. The van der Waals surface area contributed by atoms with Gasteiger partial charge in [-0.1, -0.05) is 0 Å².